The molecule has 0 aromatic heterocycles. The van der Waals surface area contributed by atoms with E-state index >= 15 is 0 Å². The van der Waals surface area contributed by atoms with Crippen molar-refractivity contribution in [3.05, 3.63) is 0 Å². The first kappa shape index (κ1) is 14.4. The molecule has 0 radical (unpaired) electrons. The molecule has 0 aromatic rings. The molecule has 20 heavy (non-hydrogen) atoms. The molecule has 4 rings (SSSR count). The van der Waals surface area contributed by atoms with Gasteiger partial charge < -0.3 is 11.1 Å². The van der Waals surface area contributed by atoms with Crippen molar-refractivity contribution in [1.29, 1.82) is 0 Å². The second kappa shape index (κ2) is 4.72. The Labute approximate surface area is 123 Å². The fourth-order valence-corrected chi connectivity index (χ4v) is 5.42. The summed E-state index contributed by atoms with van der Waals surface area (Å²) in [4.78, 5) is 11.5. The van der Waals surface area contributed by atoms with Crippen LogP contribution in [-0.2, 0) is 4.79 Å². The van der Waals surface area contributed by atoms with Gasteiger partial charge in [0.2, 0.25) is 5.91 Å². The van der Waals surface area contributed by atoms with Gasteiger partial charge in [-0.15, -0.1) is 0 Å². The molecule has 0 aromatic carbocycles. The summed E-state index contributed by atoms with van der Waals surface area (Å²) in [7, 11) is 0. The maximum atomic E-state index is 11.5. The van der Waals surface area contributed by atoms with Crippen molar-refractivity contribution in [3.8, 4) is 0 Å². The van der Waals surface area contributed by atoms with Crippen molar-refractivity contribution in [2.75, 3.05) is 6.54 Å². The van der Waals surface area contributed by atoms with E-state index in [1.807, 2.05) is 13.8 Å². The lowest BCUT2D eigenvalue weighted by Gasteiger charge is -2.59. The Hall–Kier alpha value is -0.570. The van der Waals surface area contributed by atoms with Gasteiger partial charge >= 0.3 is 0 Å². The van der Waals surface area contributed by atoms with Crippen molar-refractivity contribution in [2.24, 2.45) is 34.3 Å². The normalized spacial score (nSPS) is 40.9. The van der Waals surface area contributed by atoms with Crippen LogP contribution in [0.25, 0.3) is 0 Å². The average Bonchev–Trinajstić information content (AvgIpc) is 2.34. The Morgan fingerprint density at radius 3 is 2.05 bits per heavy atom. The van der Waals surface area contributed by atoms with Crippen LogP contribution in [0.1, 0.15) is 59.3 Å². The number of carbonyl (C=O) groups is 1. The summed E-state index contributed by atoms with van der Waals surface area (Å²) in [6, 6.07) is 0.509. The van der Waals surface area contributed by atoms with Gasteiger partial charge in [0.15, 0.2) is 0 Å². The molecule has 3 heteroatoms. The van der Waals surface area contributed by atoms with Crippen molar-refractivity contribution >= 4 is 5.91 Å². The Bertz CT molecular complexity index is 367. The van der Waals surface area contributed by atoms with Crippen LogP contribution in [-0.4, -0.2) is 18.5 Å². The summed E-state index contributed by atoms with van der Waals surface area (Å²) >= 11 is 0. The largest absolute Gasteiger partial charge is 0.369 e. The van der Waals surface area contributed by atoms with E-state index in [0.717, 1.165) is 17.8 Å². The molecule has 4 aliphatic carbocycles. The minimum Gasteiger partial charge on any atom is -0.369 e. The van der Waals surface area contributed by atoms with Gasteiger partial charge in [-0.2, -0.15) is 0 Å². The van der Waals surface area contributed by atoms with E-state index in [-0.39, 0.29) is 5.91 Å². The molecule has 3 N–H and O–H groups in total. The highest BCUT2D eigenvalue weighted by molar-refractivity contribution is 5.80. The van der Waals surface area contributed by atoms with Crippen LogP contribution in [0.15, 0.2) is 0 Å². The zero-order valence-corrected chi connectivity index (χ0v) is 13.2. The molecule has 0 spiro atoms. The molecule has 3 nitrogen and oxygen atoms in total. The highest BCUT2D eigenvalue weighted by Gasteiger charge is 2.53. The number of carbonyl (C=O) groups excluding carboxylic acids is 1. The molecule has 114 valence electrons. The molecule has 4 fully saturated rings. The van der Waals surface area contributed by atoms with Crippen molar-refractivity contribution in [2.45, 2.75) is 65.3 Å². The van der Waals surface area contributed by atoms with Gasteiger partial charge in [-0.05, 0) is 82.5 Å². The minimum atomic E-state index is -0.448. The molecule has 1 amide bonds. The van der Waals surface area contributed by atoms with E-state index in [0.29, 0.717) is 18.0 Å². The maximum absolute atomic E-state index is 11.5. The standard InChI is InChI=1S/C17H30N2O/c1-11(19-10-16(2,3)15(18)20)17-7-12-4-13(8-17)6-14(5-12)9-17/h11-14,19H,4-10H2,1-3H3,(H2,18,20). The number of amides is 1. The Morgan fingerprint density at radius 2 is 1.65 bits per heavy atom. The first-order chi connectivity index (χ1) is 9.31. The number of rotatable bonds is 5. The van der Waals surface area contributed by atoms with Crippen LogP contribution >= 0.6 is 0 Å². The minimum absolute atomic E-state index is 0.206. The predicted molar refractivity (Wildman–Crippen MR) is 81.0 cm³/mol. The SMILES string of the molecule is CC(NCC(C)(C)C(N)=O)C12CC3CC(CC(C3)C1)C2. The summed E-state index contributed by atoms with van der Waals surface area (Å²) < 4.78 is 0. The van der Waals surface area contributed by atoms with E-state index < -0.39 is 5.41 Å². The molecule has 0 heterocycles. The van der Waals surface area contributed by atoms with Crippen molar-refractivity contribution in [1.82, 2.24) is 5.32 Å². The number of nitrogens with one attached hydrogen (secondary N) is 1. The van der Waals surface area contributed by atoms with E-state index in [1.54, 1.807) is 0 Å². The van der Waals surface area contributed by atoms with Gasteiger partial charge in [0.1, 0.15) is 0 Å². The Morgan fingerprint density at radius 1 is 1.20 bits per heavy atom. The lowest BCUT2D eigenvalue weighted by Crippen LogP contribution is -2.56. The molecule has 1 unspecified atom stereocenters. The van der Waals surface area contributed by atoms with Gasteiger partial charge in [-0.1, -0.05) is 0 Å². The van der Waals surface area contributed by atoms with Gasteiger partial charge in [-0.3, -0.25) is 4.79 Å². The highest BCUT2D eigenvalue weighted by atomic mass is 16.1. The number of primary amides is 1. The quantitative estimate of drug-likeness (QED) is 0.812. The van der Waals surface area contributed by atoms with Crippen LogP contribution in [0.5, 0.6) is 0 Å². The molecular weight excluding hydrogens is 248 g/mol. The van der Waals surface area contributed by atoms with E-state index in [1.165, 1.54) is 38.5 Å². The van der Waals surface area contributed by atoms with Gasteiger partial charge in [-0.25, -0.2) is 0 Å². The monoisotopic (exact) mass is 278 g/mol. The van der Waals surface area contributed by atoms with E-state index in [9.17, 15) is 4.79 Å². The summed E-state index contributed by atoms with van der Waals surface area (Å²) in [6.07, 6.45) is 8.68. The number of hydrogen-bond donors (Lipinski definition) is 2. The van der Waals surface area contributed by atoms with Crippen LogP contribution in [0.2, 0.25) is 0 Å². The van der Waals surface area contributed by atoms with Crippen LogP contribution in [0.4, 0.5) is 0 Å². The lowest BCUT2D eigenvalue weighted by molar-refractivity contribution is -0.126. The summed E-state index contributed by atoms with van der Waals surface area (Å²) in [5, 5.41) is 3.66. The van der Waals surface area contributed by atoms with E-state index in [4.69, 9.17) is 5.73 Å². The second-order valence-electron chi connectivity index (χ2n) is 8.63. The predicted octanol–water partition coefficient (Wildman–Crippen LogP) is 2.69. The van der Waals surface area contributed by atoms with Crippen LogP contribution < -0.4 is 11.1 Å². The first-order valence-electron chi connectivity index (χ1n) is 8.34. The van der Waals surface area contributed by atoms with Gasteiger partial charge in [0.25, 0.3) is 0 Å². The smallest absolute Gasteiger partial charge is 0.224 e. The number of nitrogens with two attached hydrogens (primary N) is 1. The fraction of sp³-hybridized carbons (Fsp3) is 0.941. The van der Waals surface area contributed by atoms with Crippen LogP contribution in [0.3, 0.4) is 0 Å². The molecule has 0 saturated heterocycles. The summed E-state index contributed by atoms with van der Waals surface area (Å²) in [6.45, 7) is 6.92. The lowest BCUT2D eigenvalue weighted by atomic mass is 9.48. The first-order valence-corrected chi connectivity index (χ1v) is 8.34. The van der Waals surface area contributed by atoms with Crippen molar-refractivity contribution < 1.29 is 4.79 Å². The third-order valence-corrected chi connectivity index (χ3v) is 6.52. The van der Waals surface area contributed by atoms with Gasteiger partial charge in [0, 0.05) is 12.6 Å². The average molecular weight is 278 g/mol. The molecule has 4 bridgehead atoms. The van der Waals surface area contributed by atoms with E-state index in [2.05, 4.69) is 12.2 Å². The third kappa shape index (κ3) is 2.38. The molecule has 1 atom stereocenters. The Balaban J connectivity index is 1.65. The number of hydrogen-bond acceptors (Lipinski definition) is 2. The fourth-order valence-electron chi connectivity index (χ4n) is 5.42. The zero-order valence-electron chi connectivity index (χ0n) is 13.2. The summed E-state index contributed by atoms with van der Waals surface area (Å²) in [5.74, 6) is 2.74. The van der Waals surface area contributed by atoms with Crippen molar-refractivity contribution in [3.63, 3.8) is 0 Å². The second-order valence-corrected chi connectivity index (χ2v) is 8.63. The maximum Gasteiger partial charge on any atom is 0.224 e. The summed E-state index contributed by atoms with van der Waals surface area (Å²) in [5.41, 5.74) is 5.54. The zero-order chi connectivity index (χ0) is 14.5. The topological polar surface area (TPSA) is 55.1 Å². The van der Waals surface area contributed by atoms with Gasteiger partial charge in [0.05, 0.1) is 5.41 Å². The van der Waals surface area contributed by atoms with Crippen LogP contribution in [0, 0.1) is 28.6 Å². The molecule has 4 aliphatic rings. The molecule has 0 aliphatic heterocycles. The third-order valence-electron chi connectivity index (χ3n) is 6.52. The highest BCUT2D eigenvalue weighted by Crippen LogP contribution is 2.61. The molecule has 4 saturated carbocycles. The molecular formula is C17H30N2O. The Kier molecular flexibility index (Phi) is 3.39.